The van der Waals surface area contributed by atoms with Crippen LogP contribution in [0.4, 0.5) is 0 Å². The van der Waals surface area contributed by atoms with Crippen LogP contribution in [0, 0.1) is 12.8 Å². The molecule has 1 fully saturated rings. The van der Waals surface area contributed by atoms with Crippen molar-refractivity contribution in [1.29, 1.82) is 0 Å². The van der Waals surface area contributed by atoms with Crippen LogP contribution in [-0.4, -0.2) is 35.7 Å². The molecule has 1 aromatic heterocycles. The topological polar surface area (TPSA) is 49.5 Å². The summed E-state index contributed by atoms with van der Waals surface area (Å²) in [5, 5.41) is 11.2. The molecule has 0 spiro atoms. The number of aliphatic hydroxyl groups is 1. The van der Waals surface area contributed by atoms with Crippen molar-refractivity contribution < 1.29 is 5.11 Å². The van der Waals surface area contributed by atoms with E-state index in [4.69, 9.17) is 10.8 Å². The number of hydrogen-bond donors (Lipinski definition) is 2. The summed E-state index contributed by atoms with van der Waals surface area (Å²) in [5.74, 6) is 0.636. The Bertz CT molecular complexity index is 378. The highest BCUT2D eigenvalue weighted by molar-refractivity contribution is 7.10. The van der Waals surface area contributed by atoms with Crippen LogP contribution < -0.4 is 5.73 Å². The molecule has 4 heteroatoms. The van der Waals surface area contributed by atoms with Crippen molar-refractivity contribution >= 4 is 11.3 Å². The van der Waals surface area contributed by atoms with E-state index in [9.17, 15) is 0 Å². The van der Waals surface area contributed by atoms with Crippen LogP contribution >= 0.6 is 11.3 Å². The number of nitrogens with two attached hydrogens (primary N) is 1. The zero-order valence-corrected chi connectivity index (χ0v) is 12.1. The largest absolute Gasteiger partial charge is 0.396 e. The summed E-state index contributed by atoms with van der Waals surface area (Å²) < 4.78 is 0. The average Bonchev–Trinajstić information content (AvgIpc) is 2.91. The lowest BCUT2D eigenvalue weighted by Gasteiger charge is -2.31. The number of hydrogen-bond acceptors (Lipinski definition) is 4. The van der Waals surface area contributed by atoms with Crippen molar-refractivity contribution in [1.82, 2.24) is 4.90 Å². The Balaban J connectivity index is 2.10. The smallest absolute Gasteiger partial charge is 0.0593 e. The van der Waals surface area contributed by atoms with Gasteiger partial charge in [-0.1, -0.05) is 0 Å². The minimum absolute atomic E-state index is 0.148. The second-order valence-electron chi connectivity index (χ2n) is 5.43. The van der Waals surface area contributed by atoms with Crippen molar-refractivity contribution in [3.63, 3.8) is 0 Å². The molecule has 1 aliphatic rings. The summed E-state index contributed by atoms with van der Waals surface area (Å²) in [7, 11) is 0. The third-order valence-corrected chi connectivity index (χ3v) is 5.01. The molecule has 0 radical (unpaired) electrons. The van der Waals surface area contributed by atoms with Gasteiger partial charge in [-0.05, 0) is 56.2 Å². The van der Waals surface area contributed by atoms with E-state index in [-0.39, 0.29) is 6.04 Å². The molecule has 102 valence electrons. The van der Waals surface area contributed by atoms with Crippen molar-refractivity contribution in [3.8, 4) is 0 Å². The lowest BCUT2D eigenvalue weighted by atomic mass is 10.0. The zero-order chi connectivity index (χ0) is 13.1. The number of aryl methyl sites for hydroxylation is 1. The Hall–Kier alpha value is -0.420. The molecule has 0 bridgehead atoms. The van der Waals surface area contributed by atoms with Gasteiger partial charge in [0.15, 0.2) is 0 Å². The SMILES string of the molecule is Cc1ccsc1C(C(C)N)N1CCC(CCO)C1. The molecule has 1 aromatic rings. The van der Waals surface area contributed by atoms with Gasteiger partial charge in [0.1, 0.15) is 0 Å². The molecule has 1 aliphatic heterocycles. The van der Waals surface area contributed by atoms with Crippen molar-refractivity contribution in [2.24, 2.45) is 11.7 Å². The van der Waals surface area contributed by atoms with Gasteiger partial charge in [0, 0.05) is 24.1 Å². The Labute approximate surface area is 114 Å². The summed E-state index contributed by atoms with van der Waals surface area (Å²) in [5.41, 5.74) is 7.57. The molecule has 3 unspecified atom stereocenters. The van der Waals surface area contributed by atoms with E-state index in [0.29, 0.717) is 18.6 Å². The quantitative estimate of drug-likeness (QED) is 0.860. The van der Waals surface area contributed by atoms with Crippen LogP contribution in [0.5, 0.6) is 0 Å². The van der Waals surface area contributed by atoms with Crippen LogP contribution in [0.2, 0.25) is 0 Å². The molecule has 0 saturated carbocycles. The molecule has 1 saturated heterocycles. The fourth-order valence-electron chi connectivity index (χ4n) is 2.96. The van der Waals surface area contributed by atoms with E-state index in [2.05, 4.69) is 30.2 Å². The highest BCUT2D eigenvalue weighted by Gasteiger charge is 2.32. The zero-order valence-electron chi connectivity index (χ0n) is 11.3. The maximum atomic E-state index is 9.05. The summed E-state index contributed by atoms with van der Waals surface area (Å²) in [6.07, 6.45) is 2.11. The predicted octanol–water partition coefficient (Wildman–Crippen LogP) is 2.15. The summed E-state index contributed by atoms with van der Waals surface area (Å²) >= 11 is 1.82. The minimum atomic E-state index is 0.148. The minimum Gasteiger partial charge on any atom is -0.396 e. The van der Waals surface area contributed by atoms with Crippen molar-refractivity contribution in [3.05, 3.63) is 21.9 Å². The summed E-state index contributed by atoms with van der Waals surface area (Å²) in [6.45, 7) is 6.75. The standard InChI is InChI=1S/C14H24N2OS/c1-10-5-8-18-14(10)13(11(2)15)16-6-3-12(9-16)4-7-17/h5,8,11-13,17H,3-4,6-7,9,15H2,1-2H3. The second kappa shape index (κ2) is 6.15. The molecule has 2 rings (SSSR count). The van der Waals surface area contributed by atoms with Gasteiger partial charge in [0.2, 0.25) is 0 Å². The first kappa shape index (κ1) is 14.0. The van der Waals surface area contributed by atoms with Crippen LogP contribution in [-0.2, 0) is 0 Å². The molecule has 3 atom stereocenters. The van der Waals surface area contributed by atoms with E-state index in [0.717, 1.165) is 19.5 Å². The Kier molecular flexibility index (Phi) is 4.78. The maximum Gasteiger partial charge on any atom is 0.0593 e. The molecule has 0 aliphatic carbocycles. The van der Waals surface area contributed by atoms with Gasteiger partial charge >= 0.3 is 0 Å². The molecule has 0 amide bonds. The van der Waals surface area contributed by atoms with E-state index in [1.807, 2.05) is 11.3 Å². The van der Waals surface area contributed by atoms with Gasteiger partial charge in [0.05, 0.1) is 6.04 Å². The predicted molar refractivity (Wildman–Crippen MR) is 76.8 cm³/mol. The van der Waals surface area contributed by atoms with Crippen LogP contribution in [0.15, 0.2) is 11.4 Å². The number of likely N-dealkylation sites (tertiary alicyclic amines) is 1. The Morgan fingerprint density at radius 2 is 2.39 bits per heavy atom. The third-order valence-electron chi connectivity index (χ3n) is 3.92. The summed E-state index contributed by atoms with van der Waals surface area (Å²) in [4.78, 5) is 3.92. The van der Waals surface area contributed by atoms with Crippen molar-refractivity contribution in [2.75, 3.05) is 19.7 Å². The number of rotatable bonds is 5. The first-order valence-corrected chi connectivity index (χ1v) is 7.66. The maximum absolute atomic E-state index is 9.05. The molecular weight excluding hydrogens is 244 g/mol. The third kappa shape index (κ3) is 2.94. The lowest BCUT2D eigenvalue weighted by molar-refractivity contribution is 0.203. The highest BCUT2D eigenvalue weighted by atomic mass is 32.1. The second-order valence-corrected chi connectivity index (χ2v) is 6.38. The van der Waals surface area contributed by atoms with Gasteiger partial charge in [-0.15, -0.1) is 11.3 Å². The molecule has 2 heterocycles. The Morgan fingerprint density at radius 3 is 2.94 bits per heavy atom. The van der Waals surface area contributed by atoms with Gasteiger partial charge in [0.25, 0.3) is 0 Å². The molecule has 3 nitrogen and oxygen atoms in total. The van der Waals surface area contributed by atoms with E-state index < -0.39 is 0 Å². The van der Waals surface area contributed by atoms with Crippen LogP contribution in [0.3, 0.4) is 0 Å². The van der Waals surface area contributed by atoms with Gasteiger partial charge in [-0.3, -0.25) is 4.90 Å². The monoisotopic (exact) mass is 268 g/mol. The summed E-state index contributed by atoms with van der Waals surface area (Å²) in [6, 6.07) is 2.67. The highest BCUT2D eigenvalue weighted by Crippen LogP contribution is 2.34. The Morgan fingerprint density at radius 1 is 1.61 bits per heavy atom. The van der Waals surface area contributed by atoms with E-state index >= 15 is 0 Å². The molecular formula is C14H24N2OS. The van der Waals surface area contributed by atoms with Gasteiger partial charge < -0.3 is 10.8 Å². The average molecular weight is 268 g/mol. The number of aliphatic hydroxyl groups excluding tert-OH is 1. The van der Waals surface area contributed by atoms with Gasteiger partial charge in [-0.25, -0.2) is 0 Å². The van der Waals surface area contributed by atoms with Crippen LogP contribution in [0.1, 0.15) is 36.2 Å². The number of thiophene rings is 1. The first-order valence-electron chi connectivity index (χ1n) is 6.78. The van der Waals surface area contributed by atoms with Gasteiger partial charge in [-0.2, -0.15) is 0 Å². The fraction of sp³-hybridized carbons (Fsp3) is 0.714. The first-order chi connectivity index (χ1) is 8.63. The normalized spacial score (nSPS) is 24.3. The van der Waals surface area contributed by atoms with E-state index in [1.165, 1.54) is 16.9 Å². The number of nitrogens with zero attached hydrogens (tertiary/aromatic N) is 1. The molecule has 3 N–H and O–H groups in total. The molecule has 0 aromatic carbocycles. The fourth-order valence-corrected chi connectivity index (χ4v) is 4.13. The lowest BCUT2D eigenvalue weighted by Crippen LogP contribution is -2.38. The van der Waals surface area contributed by atoms with Crippen LogP contribution in [0.25, 0.3) is 0 Å². The van der Waals surface area contributed by atoms with E-state index in [1.54, 1.807) is 0 Å². The molecule has 18 heavy (non-hydrogen) atoms. The van der Waals surface area contributed by atoms with Crippen molar-refractivity contribution in [2.45, 2.75) is 38.8 Å².